The summed E-state index contributed by atoms with van der Waals surface area (Å²) < 4.78 is 5.99. The maximum Gasteiger partial charge on any atom is 0.410 e. The molecule has 1 unspecified atom stereocenters. The minimum atomic E-state index is -0.922. The topological polar surface area (TPSA) is 135 Å². The first-order valence-electron chi connectivity index (χ1n) is 16.1. The molecule has 0 aliphatic rings. The number of pyridine rings is 1. The third-order valence-electron chi connectivity index (χ3n) is 6.83. The molecule has 0 spiro atoms. The first-order chi connectivity index (χ1) is 22.1. The Hall–Kier alpha value is -3.05. The maximum atomic E-state index is 12.6. The van der Waals surface area contributed by atoms with Gasteiger partial charge in [-0.15, -0.1) is 0 Å². The first kappa shape index (κ1) is 50.3. The second-order valence-corrected chi connectivity index (χ2v) is 19.0. The molecule has 282 valence electrons. The number of amides is 1. The molecule has 1 aromatic carbocycles. The van der Waals surface area contributed by atoms with Crippen LogP contribution in [0.4, 0.5) is 4.79 Å². The number of halogens is 1. The molecule has 0 aliphatic heterocycles. The molecule has 0 radical (unpaired) electrons. The zero-order valence-electron chi connectivity index (χ0n) is 31.7. The molecule has 5 N–H and O–H groups in total. The summed E-state index contributed by atoms with van der Waals surface area (Å²) in [6, 6.07) is 10.4. The van der Waals surface area contributed by atoms with Gasteiger partial charge < -0.3 is 31.1 Å². The Morgan fingerprint density at radius 2 is 1.55 bits per heavy atom. The van der Waals surface area contributed by atoms with E-state index in [0.29, 0.717) is 34.0 Å². The van der Waals surface area contributed by atoms with Crippen molar-refractivity contribution in [1.82, 2.24) is 14.8 Å². The van der Waals surface area contributed by atoms with Gasteiger partial charge in [-0.1, -0.05) is 84.0 Å². The molecule has 9 nitrogen and oxygen atoms in total. The molecule has 11 heteroatoms. The quantitative estimate of drug-likeness (QED) is 0.127. The van der Waals surface area contributed by atoms with Crippen molar-refractivity contribution in [2.45, 2.75) is 85.7 Å². The average molecular weight is 727 g/mol. The highest BCUT2D eigenvalue weighted by Gasteiger charge is 2.25. The van der Waals surface area contributed by atoms with Crippen molar-refractivity contribution >= 4 is 34.0 Å². The van der Waals surface area contributed by atoms with Gasteiger partial charge in [0.1, 0.15) is 17.0 Å². The molecular formula is C38H68ClN5O4S. The van der Waals surface area contributed by atoms with Gasteiger partial charge in [-0.3, -0.25) is 4.79 Å². The first-order valence-corrected chi connectivity index (χ1v) is 19.3. The third kappa shape index (κ3) is 23.9. The van der Waals surface area contributed by atoms with Gasteiger partial charge in [-0.2, -0.15) is 0 Å². The van der Waals surface area contributed by atoms with Gasteiger partial charge in [0.15, 0.2) is 0 Å². The Bertz CT molecular complexity index is 1220. The van der Waals surface area contributed by atoms with E-state index < -0.39 is 17.8 Å². The number of rotatable bonds is 10. The van der Waals surface area contributed by atoms with Crippen LogP contribution >= 0.6 is 21.6 Å². The molecule has 1 aromatic heterocycles. The van der Waals surface area contributed by atoms with Crippen LogP contribution in [0.2, 0.25) is 5.15 Å². The van der Waals surface area contributed by atoms with E-state index in [0.717, 1.165) is 24.0 Å². The van der Waals surface area contributed by atoms with E-state index in [-0.39, 0.29) is 24.0 Å². The summed E-state index contributed by atoms with van der Waals surface area (Å²) in [6.07, 6.45) is 13.3. The number of benzene rings is 1. The van der Waals surface area contributed by atoms with Gasteiger partial charge >= 0.3 is 6.09 Å². The maximum absolute atomic E-state index is 12.6. The number of hydrogen-bond donors (Lipinski definition) is 3. The van der Waals surface area contributed by atoms with Crippen LogP contribution in [-0.2, 0) is 11.2 Å². The standard InChI is InChI=1S/C21H25ClN2O4.C7H15N3.C7H18S.C2H6.CH4/c1-21(2,3)28-20(27)24(11-10-15-4-6-16(14-25)7-5-15)13-18(26)17-8-9-19(22)23-12-17;1-10(2)6-7(5-9)3-4-8;1-7(2,3)8(4,5)6;1-2;/h4-9,12,14,18,26H,10-11,13H2,1-3H3;3-5H,6,8-9H2,1-2H3;1-6H3;1-2H3;1H4/b;4-3-,7-5+;;;. The molecular weight excluding hydrogens is 658 g/mol. The summed E-state index contributed by atoms with van der Waals surface area (Å²) in [5.41, 5.74) is 13.0. The molecule has 1 heterocycles. The van der Waals surface area contributed by atoms with Crippen molar-refractivity contribution in [1.29, 1.82) is 0 Å². The highest BCUT2D eigenvalue weighted by Crippen LogP contribution is 2.48. The van der Waals surface area contributed by atoms with Crippen LogP contribution < -0.4 is 11.5 Å². The molecule has 2 aromatic rings. The lowest BCUT2D eigenvalue weighted by Crippen LogP contribution is -2.40. The predicted molar refractivity (Wildman–Crippen MR) is 215 cm³/mol. The van der Waals surface area contributed by atoms with E-state index in [9.17, 15) is 14.7 Å². The number of nitrogens with two attached hydrogens (primary N) is 2. The summed E-state index contributed by atoms with van der Waals surface area (Å²) in [4.78, 5) is 30.8. The molecule has 2 rings (SSSR count). The van der Waals surface area contributed by atoms with E-state index >= 15 is 0 Å². The normalized spacial score (nSPS) is 12.5. The SMILES string of the molecule is C.CC.CC(C)(C)OC(=O)N(CCc1ccc(C=O)cc1)CC(O)c1ccc(Cl)nc1.CC(C)(C)S(C)(C)C.CN(C)CC(/C=C\N)=C/N. The van der Waals surface area contributed by atoms with Gasteiger partial charge in [0, 0.05) is 30.4 Å². The number of aliphatic hydroxyl groups excluding tert-OH is 1. The minimum Gasteiger partial charge on any atom is -0.444 e. The van der Waals surface area contributed by atoms with E-state index in [1.165, 1.54) is 17.3 Å². The lowest BCUT2D eigenvalue weighted by molar-refractivity contribution is 0.0146. The largest absolute Gasteiger partial charge is 0.444 e. The lowest BCUT2D eigenvalue weighted by atomic mass is 10.1. The van der Waals surface area contributed by atoms with Crippen molar-refractivity contribution in [3.8, 4) is 0 Å². The summed E-state index contributed by atoms with van der Waals surface area (Å²) in [5, 5.41) is 10.9. The number of aromatic nitrogens is 1. The fourth-order valence-corrected chi connectivity index (χ4v) is 3.27. The van der Waals surface area contributed by atoms with Crippen LogP contribution in [-0.4, -0.2) is 95.1 Å². The molecule has 0 saturated heterocycles. The summed E-state index contributed by atoms with van der Waals surface area (Å²) in [6.45, 7) is 17.5. The van der Waals surface area contributed by atoms with E-state index in [1.807, 2.05) is 45.0 Å². The third-order valence-corrected chi connectivity index (χ3v) is 10.7. The van der Waals surface area contributed by atoms with E-state index in [1.54, 1.807) is 57.3 Å². The summed E-state index contributed by atoms with van der Waals surface area (Å²) >= 11 is 5.79. The van der Waals surface area contributed by atoms with Crippen molar-refractivity contribution in [2.24, 2.45) is 11.5 Å². The van der Waals surface area contributed by atoms with Gasteiger partial charge in [-0.25, -0.2) is 19.8 Å². The number of nitrogens with zero attached hydrogens (tertiary/aromatic N) is 3. The van der Waals surface area contributed by atoms with Gasteiger partial charge in [-0.05, 0) is 100 Å². The molecule has 49 heavy (non-hydrogen) atoms. The second kappa shape index (κ2) is 25.0. The molecule has 1 atom stereocenters. The molecule has 0 bridgehead atoms. The Labute approximate surface area is 305 Å². The number of aldehydes is 1. The summed E-state index contributed by atoms with van der Waals surface area (Å²) in [7, 11) is 3.62. The zero-order chi connectivity index (χ0) is 37.7. The van der Waals surface area contributed by atoms with Crippen molar-refractivity contribution in [3.63, 3.8) is 0 Å². The van der Waals surface area contributed by atoms with Crippen LogP contribution in [0.1, 0.15) is 90.4 Å². The molecule has 0 fully saturated rings. The zero-order valence-corrected chi connectivity index (χ0v) is 33.3. The van der Waals surface area contributed by atoms with Crippen LogP contribution in [0, 0.1) is 0 Å². The van der Waals surface area contributed by atoms with Gasteiger partial charge in [0.05, 0.1) is 12.6 Å². The minimum absolute atomic E-state index is 0. The monoisotopic (exact) mass is 725 g/mol. The smallest absolute Gasteiger partial charge is 0.410 e. The Balaban J connectivity index is -0.000000830. The van der Waals surface area contributed by atoms with E-state index in [2.05, 4.69) is 44.5 Å². The van der Waals surface area contributed by atoms with Crippen LogP contribution in [0.5, 0.6) is 0 Å². The fraction of sp³-hybridized carbons (Fsp3) is 0.553. The lowest BCUT2D eigenvalue weighted by Gasteiger charge is -2.40. The van der Waals surface area contributed by atoms with Crippen LogP contribution in [0.15, 0.2) is 66.6 Å². The van der Waals surface area contributed by atoms with Crippen molar-refractivity contribution < 1.29 is 19.4 Å². The Kier molecular flexibility index (Phi) is 25.7. The number of aliphatic hydroxyl groups is 1. The summed E-state index contributed by atoms with van der Waals surface area (Å²) in [5.74, 6) is 0. The fourth-order valence-electron chi connectivity index (χ4n) is 3.16. The van der Waals surface area contributed by atoms with Crippen LogP contribution in [0.3, 0.4) is 0 Å². The second-order valence-electron chi connectivity index (χ2n) is 13.8. The van der Waals surface area contributed by atoms with Crippen LogP contribution in [0.25, 0.3) is 0 Å². The molecule has 0 saturated carbocycles. The Morgan fingerprint density at radius 3 is 1.92 bits per heavy atom. The highest BCUT2D eigenvalue weighted by atomic mass is 35.5. The number of ether oxygens (including phenoxy) is 1. The average Bonchev–Trinajstić information content (AvgIpc) is 2.99. The van der Waals surface area contributed by atoms with Gasteiger partial charge in [0.25, 0.3) is 0 Å². The number of likely N-dealkylation sites (N-methyl/N-ethyl adjacent to an activating group) is 1. The number of carbonyl (C=O) groups is 2. The Morgan fingerprint density at radius 1 is 1.02 bits per heavy atom. The van der Waals surface area contributed by atoms with Gasteiger partial charge in [0.2, 0.25) is 0 Å². The molecule has 1 amide bonds. The number of hydrogen-bond acceptors (Lipinski definition) is 8. The number of carbonyl (C=O) groups excluding carboxylic acids is 2. The van der Waals surface area contributed by atoms with Crippen molar-refractivity contribution in [2.75, 3.05) is 52.5 Å². The predicted octanol–water partition coefficient (Wildman–Crippen LogP) is 8.06. The van der Waals surface area contributed by atoms with Crippen molar-refractivity contribution in [3.05, 3.63) is 88.5 Å². The molecule has 0 aliphatic carbocycles. The van der Waals surface area contributed by atoms with E-state index in [4.69, 9.17) is 27.8 Å². The highest BCUT2D eigenvalue weighted by molar-refractivity contribution is 8.33.